The third kappa shape index (κ3) is 1.30. The van der Waals surface area contributed by atoms with E-state index in [-0.39, 0.29) is 6.10 Å². The molecule has 1 saturated carbocycles. The molecular formula is C8H11NOS. The molecule has 1 aromatic heterocycles. The van der Waals surface area contributed by atoms with Gasteiger partial charge in [0.15, 0.2) is 0 Å². The molecule has 0 saturated heterocycles. The van der Waals surface area contributed by atoms with Gasteiger partial charge >= 0.3 is 0 Å². The van der Waals surface area contributed by atoms with Crippen molar-refractivity contribution in [3.8, 4) is 0 Å². The molecule has 2 atom stereocenters. The molecule has 1 fully saturated rings. The van der Waals surface area contributed by atoms with Crippen LogP contribution < -0.4 is 0 Å². The van der Waals surface area contributed by atoms with Crippen molar-refractivity contribution in [3.63, 3.8) is 0 Å². The summed E-state index contributed by atoms with van der Waals surface area (Å²) in [6.07, 6.45) is 5.00. The zero-order valence-corrected chi connectivity index (χ0v) is 7.05. The third-order valence-electron chi connectivity index (χ3n) is 2.36. The van der Waals surface area contributed by atoms with Crippen LogP contribution in [0.25, 0.3) is 0 Å². The van der Waals surface area contributed by atoms with Gasteiger partial charge in [0.2, 0.25) is 0 Å². The maximum Gasteiger partial charge on any atom is 0.0609 e. The molecule has 2 rings (SSSR count). The first-order chi connectivity index (χ1) is 5.38. The van der Waals surface area contributed by atoms with Gasteiger partial charge in [0.05, 0.1) is 6.10 Å². The van der Waals surface area contributed by atoms with E-state index < -0.39 is 0 Å². The third-order valence-corrected chi connectivity index (χ3v) is 2.96. The van der Waals surface area contributed by atoms with Crippen LogP contribution in [-0.4, -0.2) is 15.6 Å². The first-order valence-electron chi connectivity index (χ1n) is 3.95. The molecule has 0 radical (unpaired) electrons. The molecule has 0 spiro atoms. The largest absolute Gasteiger partial charge is 0.392 e. The second kappa shape index (κ2) is 2.91. The molecule has 0 aromatic carbocycles. The van der Waals surface area contributed by atoms with E-state index >= 15 is 0 Å². The average Bonchev–Trinajstić information content (AvgIpc) is 2.55. The number of rotatable bonds is 1. The van der Waals surface area contributed by atoms with Gasteiger partial charge in [-0.2, -0.15) is 0 Å². The molecule has 1 N–H and O–H groups in total. The number of hydrogen-bond donors (Lipinski definition) is 1. The quantitative estimate of drug-likeness (QED) is 0.695. The van der Waals surface area contributed by atoms with Crippen LogP contribution in [0.15, 0.2) is 11.6 Å². The van der Waals surface area contributed by atoms with E-state index in [2.05, 4.69) is 4.37 Å². The maximum absolute atomic E-state index is 9.54. The number of nitrogens with zero attached hydrogens (tertiary/aromatic N) is 1. The average molecular weight is 169 g/mol. The van der Waals surface area contributed by atoms with E-state index in [9.17, 15) is 5.11 Å². The van der Waals surface area contributed by atoms with Gasteiger partial charge in [-0.05, 0) is 29.9 Å². The molecule has 0 aliphatic heterocycles. The summed E-state index contributed by atoms with van der Waals surface area (Å²) >= 11 is 1.47. The Morgan fingerprint density at radius 1 is 1.55 bits per heavy atom. The molecular weight excluding hydrogens is 158 g/mol. The molecule has 11 heavy (non-hydrogen) atoms. The van der Waals surface area contributed by atoms with Crippen molar-refractivity contribution in [3.05, 3.63) is 17.1 Å². The predicted molar refractivity (Wildman–Crippen MR) is 44.7 cm³/mol. The lowest BCUT2D eigenvalue weighted by molar-refractivity contribution is 0.164. The zero-order chi connectivity index (χ0) is 7.68. The highest BCUT2D eigenvalue weighted by atomic mass is 32.1. The summed E-state index contributed by atoms with van der Waals surface area (Å²) in [6, 6.07) is 0. The van der Waals surface area contributed by atoms with Crippen molar-refractivity contribution in [2.45, 2.75) is 31.3 Å². The van der Waals surface area contributed by atoms with E-state index in [4.69, 9.17) is 0 Å². The molecule has 3 heteroatoms. The Balaban J connectivity index is 2.16. The molecule has 1 aliphatic rings. The van der Waals surface area contributed by atoms with Crippen LogP contribution in [-0.2, 0) is 0 Å². The van der Waals surface area contributed by atoms with Crippen LogP contribution in [0.5, 0.6) is 0 Å². The minimum atomic E-state index is -0.119. The predicted octanol–water partition coefficient (Wildman–Crippen LogP) is 1.77. The standard InChI is InChI=1S/C8H11NOS/c10-8-3-1-2-7(8)6-4-9-11-5-6/h4-5,7-8,10H,1-3H2. The molecule has 2 unspecified atom stereocenters. The number of aliphatic hydroxyl groups excluding tert-OH is 1. The van der Waals surface area contributed by atoms with E-state index in [1.807, 2.05) is 11.6 Å². The van der Waals surface area contributed by atoms with Crippen molar-refractivity contribution < 1.29 is 5.11 Å². The molecule has 1 heterocycles. The van der Waals surface area contributed by atoms with E-state index in [1.54, 1.807) is 0 Å². The van der Waals surface area contributed by atoms with E-state index in [1.165, 1.54) is 17.1 Å². The normalized spacial score (nSPS) is 31.0. The fourth-order valence-electron chi connectivity index (χ4n) is 1.73. The molecule has 0 amide bonds. The van der Waals surface area contributed by atoms with Crippen molar-refractivity contribution in [1.82, 2.24) is 4.37 Å². The fraction of sp³-hybridized carbons (Fsp3) is 0.625. The summed E-state index contributed by atoms with van der Waals surface area (Å²) in [5.74, 6) is 0.369. The first-order valence-corrected chi connectivity index (χ1v) is 4.79. The van der Waals surface area contributed by atoms with Gasteiger partial charge in [0.25, 0.3) is 0 Å². The van der Waals surface area contributed by atoms with Crippen LogP contribution >= 0.6 is 11.5 Å². The lowest BCUT2D eigenvalue weighted by Gasteiger charge is -2.10. The molecule has 60 valence electrons. The smallest absolute Gasteiger partial charge is 0.0609 e. The number of aromatic nitrogens is 1. The van der Waals surface area contributed by atoms with Crippen molar-refractivity contribution in [2.75, 3.05) is 0 Å². The van der Waals surface area contributed by atoms with Crippen LogP contribution in [0.3, 0.4) is 0 Å². The van der Waals surface area contributed by atoms with Crippen LogP contribution in [0.1, 0.15) is 30.7 Å². The highest BCUT2D eigenvalue weighted by Gasteiger charge is 2.26. The zero-order valence-electron chi connectivity index (χ0n) is 6.23. The summed E-state index contributed by atoms with van der Waals surface area (Å²) in [4.78, 5) is 0. The Morgan fingerprint density at radius 3 is 3.00 bits per heavy atom. The van der Waals surface area contributed by atoms with Gasteiger partial charge in [0, 0.05) is 17.5 Å². The molecule has 1 aliphatic carbocycles. The molecule has 1 aromatic rings. The Kier molecular flexibility index (Phi) is 1.92. The number of aliphatic hydroxyl groups is 1. The summed E-state index contributed by atoms with van der Waals surface area (Å²) in [5, 5.41) is 11.6. The van der Waals surface area contributed by atoms with Gasteiger partial charge in [-0.3, -0.25) is 0 Å². The van der Waals surface area contributed by atoms with Crippen molar-refractivity contribution in [1.29, 1.82) is 0 Å². The van der Waals surface area contributed by atoms with Crippen LogP contribution in [0.2, 0.25) is 0 Å². The topological polar surface area (TPSA) is 33.1 Å². The lowest BCUT2D eigenvalue weighted by atomic mass is 10.00. The highest BCUT2D eigenvalue weighted by molar-refractivity contribution is 7.03. The van der Waals surface area contributed by atoms with Crippen LogP contribution in [0, 0.1) is 0 Å². The van der Waals surface area contributed by atoms with Crippen molar-refractivity contribution in [2.24, 2.45) is 0 Å². The van der Waals surface area contributed by atoms with Gasteiger partial charge in [0.1, 0.15) is 0 Å². The summed E-state index contributed by atoms with van der Waals surface area (Å²) < 4.78 is 4.03. The second-order valence-electron chi connectivity index (χ2n) is 3.06. The minimum absolute atomic E-state index is 0.119. The summed E-state index contributed by atoms with van der Waals surface area (Å²) in [7, 11) is 0. The molecule has 0 bridgehead atoms. The maximum atomic E-state index is 9.54. The first kappa shape index (κ1) is 7.25. The number of hydrogen-bond acceptors (Lipinski definition) is 3. The van der Waals surface area contributed by atoms with Crippen LogP contribution in [0.4, 0.5) is 0 Å². The fourth-order valence-corrected chi connectivity index (χ4v) is 2.33. The SMILES string of the molecule is OC1CCCC1c1cnsc1. The molecule has 2 nitrogen and oxygen atoms in total. The Bertz CT molecular complexity index is 222. The van der Waals surface area contributed by atoms with Gasteiger partial charge in [-0.15, -0.1) is 0 Å². The second-order valence-corrected chi connectivity index (χ2v) is 3.72. The summed E-state index contributed by atoms with van der Waals surface area (Å²) in [6.45, 7) is 0. The Labute approximate surface area is 70.0 Å². The minimum Gasteiger partial charge on any atom is -0.392 e. The van der Waals surface area contributed by atoms with Gasteiger partial charge < -0.3 is 5.11 Å². The van der Waals surface area contributed by atoms with E-state index in [0.717, 1.165) is 19.3 Å². The highest BCUT2D eigenvalue weighted by Crippen LogP contribution is 2.34. The van der Waals surface area contributed by atoms with Gasteiger partial charge in [-0.1, -0.05) is 6.42 Å². The summed E-state index contributed by atoms with van der Waals surface area (Å²) in [5.41, 5.74) is 1.22. The van der Waals surface area contributed by atoms with Gasteiger partial charge in [-0.25, -0.2) is 4.37 Å². The van der Waals surface area contributed by atoms with Crippen molar-refractivity contribution >= 4 is 11.5 Å². The Morgan fingerprint density at radius 2 is 2.45 bits per heavy atom. The van der Waals surface area contributed by atoms with E-state index in [0.29, 0.717) is 5.92 Å². The lowest BCUT2D eigenvalue weighted by Crippen LogP contribution is -2.09. The monoisotopic (exact) mass is 169 g/mol. The Hall–Kier alpha value is -0.410.